The molecule has 0 spiro atoms. The summed E-state index contributed by atoms with van der Waals surface area (Å²) < 4.78 is 0. The largest absolute Gasteiger partial charge is 0.507 e. The maximum Gasteiger partial charge on any atom is 0.339 e. The number of rotatable bonds is 4. The maximum absolute atomic E-state index is 11.4. The lowest BCUT2D eigenvalue weighted by molar-refractivity contribution is 0.0693. The Morgan fingerprint density at radius 3 is 2.43 bits per heavy atom. The first-order valence-corrected chi connectivity index (χ1v) is 9.14. The summed E-state index contributed by atoms with van der Waals surface area (Å²) in [5.41, 5.74) is 3.42. The van der Waals surface area contributed by atoms with Crippen LogP contribution in [0.2, 0.25) is 5.02 Å². The van der Waals surface area contributed by atoms with Gasteiger partial charge in [-0.1, -0.05) is 48.0 Å². The van der Waals surface area contributed by atoms with Gasteiger partial charge in [-0.15, -0.1) is 0 Å². The molecule has 1 unspecified atom stereocenters. The number of hydrogen-bond acceptors (Lipinski definition) is 4. The predicted octanol–water partition coefficient (Wildman–Crippen LogP) is 5.10. The first-order chi connectivity index (χ1) is 13.5. The SMILES string of the molecule is O=C(O)c1cc(C2CC(c3ccccc3)=NN2c2ccc(Cl)cc2)ccc1O. The Hall–Kier alpha value is -3.31. The molecule has 0 amide bonds. The van der Waals surface area contributed by atoms with E-state index in [1.807, 2.05) is 47.5 Å². The van der Waals surface area contributed by atoms with Gasteiger partial charge in [0.2, 0.25) is 0 Å². The van der Waals surface area contributed by atoms with Gasteiger partial charge in [0.05, 0.1) is 17.4 Å². The van der Waals surface area contributed by atoms with Gasteiger partial charge in [-0.25, -0.2) is 4.79 Å². The van der Waals surface area contributed by atoms with Gasteiger partial charge in [-0.3, -0.25) is 5.01 Å². The first-order valence-electron chi connectivity index (χ1n) is 8.77. The number of phenols is 1. The lowest BCUT2D eigenvalue weighted by Crippen LogP contribution is -2.19. The number of hydrogen-bond donors (Lipinski definition) is 2. The highest BCUT2D eigenvalue weighted by molar-refractivity contribution is 6.30. The van der Waals surface area contributed by atoms with Crippen molar-refractivity contribution in [2.45, 2.75) is 12.5 Å². The van der Waals surface area contributed by atoms with E-state index in [9.17, 15) is 15.0 Å². The molecule has 3 aromatic carbocycles. The lowest BCUT2D eigenvalue weighted by atomic mass is 9.96. The maximum atomic E-state index is 11.4. The van der Waals surface area contributed by atoms with E-state index < -0.39 is 5.97 Å². The number of carboxylic acids is 1. The molecule has 1 heterocycles. The Morgan fingerprint density at radius 2 is 1.75 bits per heavy atom. The van der Waals surface area contributed by atoms with E-state index in [2.05, 4.69) is 0 Å². The highest BCUT2D eigenvalue weighted by Gasteiger charge is 2.30. The van der Waals surface area contributed by atoms with Crippen LogP contribution in [0.25, 0.3) is 0 Å². The van der Waals surface area contributed by atoms with E-state index in [0.717, 1.165) is 22.5 Å². The fourth-order valence-electron chi connectivity index (χ4n) is 3.34. The van der Waals surface area contributed by atoms with Crippen LogP contribution in [0.5, 0.6) is 5.75 Å². The summed E-state index contributed by atoms with van der Waals surface area (Å²) in [6.45, 7) is 0. The summed E-state index contributed by atoms with van der Waals surface area (Å²) in [4.78, 5) is 11.4. The van der Waals surface area contributed by atoms with Crippen LogP contribution in [-0.2, 0) is 0 Å². The average molecular weight is 393 g/mol. The molecule has 140 valence electrons. The third-order valence-corrected chi connectivity index (χ3v) is 5.00. The van der Waals surface area contributed by atoms with Crippen LogP contribution >= 0.6 is 11.6 Å². The molecule has 3 aromatic rings. The van der Waals surface area contributed by atoms with Crippen LogP contribution in [0.3, 0.4) is 0 Å². The van der Waals surface area contributed by atoms with E-state index in [4.69, 9.17) is 16.7 Å². The number of carboxylic acid groups (broad SMARTS) is 1. The normalized spacial score (nSPS) is 16.1. The minimum Gasteiger partial charge on any atom is -0.507 e. The van der Waals surface area contributed by atoms with Gasteiger partial charge in [0.15, 0.2) is 0 Å². The van der Waals surface area contributed by atoms with Crippen molar-refractivity contribution in [1.82, 2.24) is 0 Å². The Kier molecular flexibility index (Phi) is 4.75. The van der Waals surface area contributed by atoms with Gasteiger partial charge < -0.3 is 10.2 Å². The minimum atomic E-state index is -1.17. The molecule has 6 heteroatoms. The highest BCUT2D eigenvalue weighted by atomic mass is 35.5. The predicted molar refractivity (Wildman–Crippen MR) is 109 cm³/mol. The van der Waals surface area contributed by atoms with E-state index in [1.54, 1.807) is 18.2 Å². The zero-order valence-electron chi connectivity index (χ0n) is 14.8. The molecule has 0 radical (unpaired) electrons. The molecule has 1 atom stereocenters. The van der Waals surface area contributed by atoms with Crippen LogP contribution in [0.4, 0.5) is 5.69 Å². The van der Waals surface area contributed by atoms with Crippen molar-refractivity contribution in [3.05, 3.63) is 94.5 Å². The van der Waals surface area contributed by atoms with Crippen molar-refractivity contribution >= 4 is 29.0 Å². The van der Waals surface area contributed by atoms with Crippen molar-refractivity contribution < 1.29 is 15.0 Å². The second kappa shape index (κ2) is 7.37. The van der Waals surface area contributed by atoms with Crippen LogP contribution in [0.1, 0.15) is 33.9 Å². The smallest absolute Gasteiger partial charge is 0.339 e. The molecule has 0 aliphatic carbocycles. The number of aromatic carboxylic acids is 1. The van der Waals surface area contributed by atoms with Gasteiger partial charge >= 0.3 is 5.97 Å². The van der Waals surface area contributed by atoms with E-state index in [-0.39, 0.29) is 17.4 Å². The van der Waals surface area contributed by atoms with Crippen molar-refractivity contribution in [1.29, 1.82) is 0 Å². The monoisotopic (exact) mass is 392 g/mol. The standard InChI is InChI=1S/C22H17ClN2O3/c23-16-7-9-17(10-8-16)25-20(13-19(24-25)14-4-2-1-3-5-14)15-6-11-21(26)18(12-15)22(27)28/h1-12,20,26H,13H2,(H,27,28). The number of carbonyl (C=O) groups is 1. The minimum absolute atomic E-state index is 0.123. The third-order valence-electron chi connectivity index (χ3n) is 4.74. The Labute approximate surface area is 167 Å². The Morgan fingerprint density at radius 1 is 1.04 bits per heavy atom. The van der Waals surface area contributed by atoms with E-state index >= 15 is 0 Å². The highest BCUT2D eigenvalue weighted by Crippen LogP contribution is 2.38. The van der Waals surface area contributed by atoms with Gasteiger partial charge in [-0.2, -0.15) is 5.10 Å². The second-order valence-corrected chi connectivity index (χ2v) is 6.97. The summed E-state index contributed by atoms with van der Waals surface area (Å²) in [5, 5.41) is 26.5. The molecule has 4 rings (SSSR count). The fraction of sp³-hybridized carbons (Fsp3) is 0.0909. The van der Waals surface area contributed by atoms with E-state index in [0.29, 0.717) is 11.4 Å². The van der Waals surface area contributed by atoms with E-state index in [1.165, 1.54) is 12.1 Å². The molecular formula is C22H17ClN2O3. The topological polar surface area (TPSA) is 73.1 Å². The summed E-state index contributed by atoms with van der Waals surface area (Å²) in [6, 6.07) is 21.7. The molecule has 0 bridgehead atoms. The number of aromatic hydroxyl groups is 1. The van der Waals surface area contributed by atoms with Crippen molar-refractivity contribution in [2.24, 2.45) is 5.10 Å². The number of nitrogens with zero attached hydrogens (tertiary/aromatic N) is 2. The van der Waals surface area contributed by atoms with Gasteiger partial charge in [0.25, 0.3) is 0 Å². The Balaban J connectivity index is 1.78. The molecular weight excluding hydrogens is 376 g/mol. The molecule has 1 aliphatic rings. The number of anilines is 1. The van der Waals surface area contributed by atoms with Crippen LogP contribution in [0, 0.1) is 0 Å². The molecule has 0 saturated heterocycles. The molecule has 0 fully saturated rings. The average Bonchev–Trinajstić information content (AvgIpc) is 3.15. The van der Waals surface area contributed by atoms with Crippen LogP contribution < -0.4 is 5.01 Å². The van der Waals surface area contributed by atoms with Gasteiger partial charge in [0, 0.05) is 11.4 Å². The molecule has 2 N–H and O–H groups in total. The fourth-order valence-corrected chi connectivity index (χ4v) is 3.47. The van der Waals surface area contributed by atoms with Crippen LogP contribution in [0.15, 0.2) is 77.9 Å². The number of hydrazone groups is 1. The molecule has 5 nitrogen and oxygen atoms in total. The van der Waals surface area contributed by atoms with Crippen LogP contribution in [-0.4, -0.2) is 21.9 Å². The zero-order chi connectivity index (χ0) is 19.7. The zero-order valence-corrected chi connectivity index (χ0v) is 15.5. The summed E-state index contributed by atoms with van der Waals surface area (Å²) >= 11 is 6.02. The lowest BCUT2D eigenvalue weighted by Gasteiger charge is -2.24. The molecule has 28 heavy (non-hydrogen) atoms. The van der Waals surface area contributed by atoms with Crippen molar-refractivity contribution in [2.75, 3.05) is 5.01 Å². The molecule has 0 saturated carbocycles. The Bertz CT molecular complexity index is 1050. The molecule has 1 aliphatic heterocycles. The molecule has 0 aromatic heterocycles. The summed E-state index contributed by atoms with van der Waals surface area (Å²) in [7, 11) is 0. The number of benzene rings is 3. The third kappa shape index (κ3) is 3.44. The second-order valence-electron chi connectivity index (χ2n) is 6.54. The van der Waals surface area contributed by atoms with Crippen molar-refractivity contribution in [3.8, 4) is 5.75 Å². The number of halogens is 1. The van der Waals surface area contributed by atoms with Crippen molar-refractivity contribution in [3.63, 3.8) is 0 Å². The summed E-state index contributed by atoms with van der Waals surface area (Å²) in [5.74, 6) is -1.42. The van der Waals surface area contributed by atoms with Gasteiger partial charge in [0.1, 0.15) is 11.3 Å². The quantitative estimate of drug-likeness (QED) is 0.647. The van der Waals surface area contributed by atoms with Gasteiger partial charge in [-0.05, 0) is 47.5 Å². The summed E-state index contributed by atoms with van der Waals surface area (Å²) in [6.07, 6.45) is 0.608. The first kappa shape index (κ1) is 18.1.